The van der Waals surface area contributed by atoms with Gasteiger partial charge in [-0.05, 0) is 19.9 Å². The first-order chi connectivity index (χ1) is 8.97. The van der Waals surface area contributed by atoms with Gasteiger partial charge in [0.2, 0.25) is 0 Å². The highest BCUT2D eigenvalue weighted by Crippen LogP contribution is 2.10. The minimum Gasteiger partial charge on any atom is -0.451 e. The summed E-state index contributed by atoms with van der Waals surface area (Å²) in [6.45, 7) is 3.01. The van der Waals surface area contributed by atoms with Gasteiger partial charge in [0.25, 0.3) is 5.89 Å². The molecule has 7 nitrogen and oxygen atoms in total. The first kappa shape index (κ1) is 13.0. The smallest absolute Gasteiger partial charge is 0.355 e. The molecule has 0 atom stereocenters. The van der Waals surface area contributed by atoms with E-state index in [9.17, 15) is 9.59 Å². The third-order valence-corrected chi connectivity index (χ3v) is 2.52. The van der Waals surface area contributed by atoms with E-state index >= 15 is 0 Å². The van der Waals surface area contributed by atoms with Crippen molar-refractivity contribution in [2.45, 2.75) is 20.5 Å². The molecule has 0 bridgehead atoms. The second kappa shape index (κ2) is 5.05. The molecule has 0 saturated carbocycles. The van der Waals surface area contributed by atoms with Crippen molar-refractivity contribution in [1.29, 1.82) is 0 Å². The van der Waals surface area contributed by atoms with Crippen molar-refractivity contribution in [2.24, 2.45) is 7.05 Å². The lowest BCUT2D eigenvalue weighted by atomic mass is 10.2. The topological polar surface area (TPSA) is 87.2 Å². The van der Waals surface area contributed by atoms with Gasteiger partial charge in [-0.1, -0.05) is 5.16 Å². The predicted octanol–water partition coefficient (Wildman–Crippen LogP) is 1.28. The number of carbonyl (C=O) groups is 2. The maximum atomic E-state index is 11.8. The van der Waals surface area contributed by atoms with E-state index < -0.39 is 5.97 Å². The number of ketones is 1. The molecular formula is C12H13N3O4. The Morgan fingerprint density at radius 1 is 1.47 bits per heavy atom. The molecule has 0 N–H and O–H groups in total. The van der Waals surface area contributed by atoms with Crippen molar-refractivity contribution in [3.63, 3.8) is 0 Å². The summed E-state index contributed by atoms with van der Waals surface area (Å²) in [7, 11) is 1.67. The summed E-state index contributed by atoms with van der Waals surface area (Å²) in [6, 6.07) is 1.49. The lowest BCUT2D eigenvalue weighted by Crippen LogP contribution is -2.09. The van der Waals surface area contributed by atoms with Crippen LogP contribution in [0.2, 0.25) is 0 Å². The molecule has 100 valence electrons. The van der Waals surface area contributed by atoms with Crippen LogP contribution < -0.4 is 0 Å². The molecule has 0 unspecified atom stereocenters. The Bertz CT molecular complexity index is 627. The molecule has 0 radical (unpaired) electrons. The number of esters is 1. The average Bonchev–Trinajstić information content (AvgIpc) is 2.92. The molecule has 2 heterocycles. The van der Waals surface area contributed by atoms with Crippen LogP contribution >= 0.6 is 0 Å². The maximum Gasteiger partial charge on any atom is 0.355 e. The Morgan fingerprint density at radius 2 is 2.21 bits per heavy atom. The van der Waals surface area contributed by atoms with Crippen LogP contribution in [0.3, 0.4) is 0 Å². The van der Waals surface area contributed by atoms with E-state index in [0.29, 0.717) is 17.1 Å². The SMILES string of the molecule is CC(=O)c1cc(C(=O)OCc2nc(C)no2)n(C)c1. The second-order valence-corrected chi connectivity index (χ2v) is 4.09. The molecule has 0 aliphatic rings. The van der Waals surface area contributed by atoms with Crippen LogP contribution in [-0.4, -0.2) is 26.5 Å². The van der Waals surface area contributed by atoms with E-state index in [2.05, 4.69) is 10.1 Å². The molecule has 2 aromatic heterocycles. The molecule has 0 spiro atoms. The first-order valence-electron chi connectivity index (χ1n) is 5.61. The maximum absolute atomic E-state index is 11.8. The highest BCUT2D eigenvalue weighted by Gasteiger charge is 2.16. The lowest BCUT2D eigenvalue weighted by molar-refractivity contribution is 0.0418. The summed E-state index contributed by atoms with van der Waals surface area (Å²) in [4.78, 5) is 27.0. The number of Topliss-reactive ketones (excluding diaryl/α,β-unsaturated/α-hetero) is 1. The summed E-state index contributed by atoms with van der Waals surface area (Å²) in [6.07, 6.45) is 1.58. The molecule has 7 heteroatoms. The van der Waals surface area contributed by atoms with Gasteiger partial charge in [-0.15, -0.1) is 0 Å². The van der Waals surface area contributed by atoms with Crippen molar-refractivity contribution >= 4 is 11.8 Å². The Balaban J connectivity index is 2.05. The van der Waals surface area contributed by atoms with Gasteiger partial charge in [0.15, 0.2) is 18.2 Å². The predicted molar refractivity (Wildman–Crippen MR) is 63.6 cm³/mol. The fraction of sp³-hybridized carbons (Fsp3) is 0.333. The molecule has 2 aromatic rings. The van der Waals surface area contributed by atoms with Gasteiger partial charge in [-0.25, -0.2) is 4.79 Å². The Morgan fingerprint density at radius 3 is 2.74 bits per heavy atom. The number of aromatic nitrogens is 3. The summed E-state index contributed by atoms with van der Waals surface area (Å²) >= 11 is 0. The molecule has 0 aliphatic heterocycles. The highest BCUT2D eigenvalue weighted by molar-refractivity contribution is 5.97. The summed E-state index contributed by atoms with van der Waals surface area (Å²) in [5.74, 6) is 0.0451. The number of aryl methyl sites for hydroxylation is 2. The molecule has 2 rings (SSSR count). The molecule has 0 aliphatic carbocycles. The quantitative estimate of drug-likeness (QED) is 0.610. The van der Waals surface area contributed by atoms with Gasteiger partial charge in [-0.3, -0.25) is 4.79 Å². The van der Waals surface area contributed by atoms with Gasteiger partial charge in [0, 0.05) is 18.8 Å². The Hall–Kier alpha value is -2.44. The molecular weight excluding hydrogens is 250 g/mol. The number of rotatable bonds is 4. The standard InChI is InChI=1S/C12H13N3O4/c1-7(16)9-4-10(15(3)5-9)12(17)18-6-11-13-8(2)14-19-11/h4-5H,6H2,1-3H3. The van der Waals surface area contributed by atoms with Crippen LogP contribution in [0, 0.1) is 6.92 Å². The largest absolute Gasteiger partial charge is 0.451 e. The molecule has 0 aromatic carbocycles. The molecule has 0 saturated heterocycles. The minimum absolute atomic E-state index is 0.0970. The van der Waals surface area contributed by atoms with E-state index in [1.807, 2.05) is 0 Å². The minimum atomic E-state index is -0.550. The molecule has 0 amide bonds. The van der Waals surface area contributed by atoms with Crippen molar-refractivity contribution in [1.82, 2.24) is 14.7 Å². The van der Waals surface area contributed by atoms with Crippen molar-refractivity contribution in [2.75, 3.05) is 0 Å². The van der Waals surface area contributed by atoms with Gasteiger partial charge in [0.05, 0.1) is 0 Å². The normalized spacial score (nSPS) is 10.5. The number of nitrogens with zero attached hydrogens (tertiary/aromatic N) is 3. The Kier molecular flexibility index (Phi) is 3.46. The zero-order valence-corrected chi connectivity index (χ0v) is 10.8. The third-order valence-electron chi connectivity index (χ3n) is 2.52. The van der Waals surface area contributed by atoms with Gasteiger partial charge < -0.3 is 13.8 Å². The average molecular weight is 263 g/mol. The highest BCUT2D eigenvalue weighted by atomic mass is 16.6. The zero-order valence-electron chi connectivity index (χ0n) is 10.8. The third kappa shape index (κ3) is 2.87. The second-order valence-electron chi connectivity index (χ2n) is 4.09. The van der Waals surface area contributed by atoms with Crippen LogP contribution in [0.15, 0.2) is 16.8 Å². The fourth-order valence-corrected chi connectivity index (χ4v) is 1.56. The van der Waals surface area contributed by atoms with Gasteiger partial charge in [-0.2, -0.15) is 4.98 Å². The monoisotopic (exact) mass is 263 g/mol. The van der Waals surface area contributed by atoms with Gasteiger partial charge >= 0.3 is 5.97 Å². The molecule has 19 heavy (non-hydrogen) atoms. The van der Waals surface area contributed by atoms with E-state index in [1.54, 1.807) is 20.2 Å². The van der Waals surface area contributed by atoms with Crippen molar-refractivity contribution < 1.29 is 18.8 Å². The number of hydrogen-bond donors (Lipinski definition) is 0. The number of ether oxygens (including phenoxy) is 1. The lowest BCUT2D eigenvalue weighted by Gasteiger charge is -2.02. The van der Waals surface area contributed by atoms with Crippen molar-refractivity contribution in [3.05, 3.63) is 35.2 Å². The van der Waals surface area contributed by atoms with Crippen molar-refractivity contribution in [3.8, 4) is 0 Å². The number of hydrogen-bond acceptors (Lipinski definition) is 6. The van der Waals surface area contributed by atoms with Gasteiger partial charge in [0.1, 0.15) is 5.69 Å². The van der Waals surface area contributed by atoms with Crippen LogP contribution in [0.1, 0.15) is 39.5 Å². The van der Waals surface area contributed by atoms with E-state index in [1.165, 1.54) is 17.6 Å². The Labute approximate surface area is 109 Å². The zero-order chi connectivity index (χ0) is 14.0. The van der Waals surface area contributed by atoms with E-state index in [-0.39, 0.29) is 18.3 Å². The van der Waals surface area contributed by atoms with Crippen LogP contribution in [-0.2, 0) is 18.4 Å². The fourth-order valence-electron chi connectivity index (χ4n) is 1.56. The van der Waals surface area contributed by atoms with E-state index in [0.717, 1.165) is 0 Å². The summed E-state index contributed by atoms with van der Waals surface area (Å²) < 4.78 is 11.4. The first-order valence-corrected chi connectivity index (χ1v) is 5.61. The summed E-state index contributed by atoms with van der Waals surface area (Å²) in [5, 5.41) is 3.58. The van der Waals surface area contributed by atoms with Crippen LogP contribution in [0.4, 0.5) is 0 Å². The molecule has 0 fully saturated rings. The summed E-state index contributed by atoms with van der Waals surface area (Å²) in [5.41, 5.74) is 0.754. The van der Waals surface area contributed by atoms with Crippen LogP contribution in [0.25, 0.3) is 0 Å². The number of carbonyl (C=O) groups excluding carboxylic acids is 2. The van der Waals surface area contributed by atoms with E-state index in [4.69, 9.17) is 9.26 Å². The van der Waals surface area contributed by atoms with Crippen LogP contribution in [0.5, 0.6) is 0 Å².